The number of amides is 2. The third kappa shape index (κ3) is 3.66. The van der Waals surface area contributed by atoms with Crippen molar-refractivity contribution in [3.63, 3.8) is 0 Å². The molecule has 2 aliphatic rings. The molecular formula is C26H22N2O7. The molecule has 0 radical (unpaired) electrons. The molecule has 2 heterocycles. The normalized spacial score (nSPS) is 21.3. The zero-order valence-corrected chi connectivity index (χ0v) is 19.0. The van der Waals surface area contributed by atoms with Crippen LogP contribution in [0.15, 0.2) is 72.8 Å². The van der Waals surface area contributed by atoms with Gasteiger partial charge in [0.1, 0.15) is 5.92 Å². The molecule has 0 aliphatic carbocycles. The Morgan fingerprint density at radius 2 is 1.63 bits per heavy atom. The molecule has 0 saturated carbocycles. The Balaban J connectivity index is 1.55. The van der Waals surface area contributed by atoms with Gasteiger partial charge in [-0.3, -0.25) is 14.4 Å². The van der Waals surface area contributed by atoms with Crippen LogP contribution in [0.3, 0.4) is 0 Å². The molecule has 1 N–H and O–H groups in total. The highest BCUT2D eigenvalue weighted by Gasteiger charge is 2.60. The van der Waals surface area contributed by atoms with Gasteiger partial charge in [0.2, 0.25) is 5.91 Å². The van der Waals surface area contributed by atoms with E-state index in [0.29, 0.717) is 22.5 Å². The third-order valence-corrected chi connectivity index (χ3v) is 6.22. The largest absolute Gasteiger partial charge is 0.504 e. The van der Waals surface area contributed by atoms with Crippen LogP contribution in [0.2, 0.25) is 0 Å². The molecule has 0 bridgehead atoms. The van der Waals surface area contributed by atoms with E-state index in [9.17, 15) is 19.5 Å². The Morgan fingerprint density at radius 3 is 2.29 bits per heavy atom. The number of carbonyl (C=O) groups excluding carboxylic acids is 3. The first-order chi connectivity index (χ1) is 16.9. The predicted octanol–water partition coefficient (Wildman–Crippen LogP) is 3.24. The Morgan fingerprint density at radius 1 is 0.914 bits per heavy atom. The van der Waals surface area contributed by atoms with E-state index < -0.39 is 35.8 Å². The highest BCUT2D eigenvalue weighted by molar-refractivity contribution is 6.24. The highest BCUT2D eigenvalue weighted by Crippen LogP contribution is 2.48. The Hall–Kier alpha value is -4.37. The summed E-state index contributed by atoms with van der Waals surface area (Å²) < 4.78 is 9.97. The zero-order valence-electron chi connectivity index (χ0n) is 19.0. The lowest BCUT2D eigenvalue weighted by atomic mass is 9.90. The summed E-state index contributed by atoms with van der Waals surface area (Å²) in [7, 11) is 2.71. The standard InChI is InChI=1S/C26H22N2O7/c1-33-20-14-16(10-13-19(20)29)22-21-23(35-28(22)18-6-4-3-5-7-18)25(31)27(24(21)30)17-11-8-15(9-12-17)26(32)34-2/h3-14,21-23,29H,1-2H3/t21-,22+,23+/m1/s1. The second kappa shape index (κ2) is 8.77. The van der Waals surface area contributed by atoms with Gasteiger partial charge in [0.05, 0.1) is 37.2 Å². The van der Waals surface area contributed by atoms with Crippen LogP contribution >= 0.6 is 0 Å². The van der Waals surface area contributed by atoms with Gasteiger partial charge in [-0.05, 0) is 54.1 Å². The number of phenols is 1. The van der Waals surface area contributed by atoms with Gasteiger partial charge >= 0.3 is 5.97 Å². The highest BCUT2D eigenvalue weighted by atomic mass is 16.7. The fourth-order valence-corrected chi connectivity index (χ4v) is 4.55. The van der Waals surface area contributed by atoms with Crippen LogP contribution in [0.1, 0.15) is 22.0 Å². The van der Waals surface area contributed by atoms with E-state index in [1.54, 1.807) is 17.2 Å². The summed E-state index contributed by atoms with van der Waals surface area (Å²) in [6.45, 7) is 0. The minimum absolute atomic E-state index is 0.0425. The summed E-state index contributed by atoms with van der Waals surface area (Å²) in [4.78, 5) is 46.0. The monoisotopic (exact) mass is 474 g/mol. The predicted molar refractivity (Wildman–Crippen MR) is 125 cm³/mol. The lowest BCUT2D eigenvalue weighted by Crippen LogP contribution is -2.37. The third-order valence-electron chi connectivity index (χ3n) is 6.22. The number of hydrogen-bond donors (Lipinski definition) is 1. The van der Waals surface area contributed by atoms with E-state index in [1.807, 2.05) is 30.3 Å². The number of phenolic OH excluding ortho intramolecular Hbond substituents is 1. The number of imide groups is 1. The molecule has 2 fully saturated rings. The summed E-state index contributed by atoms with van der Waals surface area (Å²) in [5, 5.41) is 11.6. The maximum Gasteiger partial charge on any atom is 0.337 e. The second-order valence-electron chi connectivity index (χ2n) is 8.14. The summed E-state index contributed by atoms with van der Waals surface area (Å²) in [5.41, 5.74) is 1.95. The molecule has 3 aromatic carbocycles. The van der Waals surface area contributed by atoms with Crippen molar-refractivity contribution in [2.45, 2.75) is 12.1 Å². The van der Waals surface area contributed by atoms with Gasteiger partial charge in [-0.25, -0.2) is 14.8 Å². The smallest absolute Gasteiger partial charge is 0.337 e. The Labute approximate surface area is 201 Å². The van der Waals surface area contributed by atoms with Crippen molar-refractivity contribution < 1.29 is 33.8 Å². The number of carbonyl (C=O) groups is 3. The van der Waals surface area contributed by atoms with Crippen LogP contribution in [-0.4, -0.2) is 43.2 Å². The van der Waals surface area contributed by atoms with Crippen molar-refractivity contribution in [2.24, 2.45) is 5.92 Å². The van der Waals surface area contributed by atoms with Crippen molar-refractivity contribution in [2.75, 3.05) is 24.2 Å². The van der Waals surface area contributed by atoms with E-state index in [0.717, 1.165) is 4.90 Å². The lowest BCUT2D eigenvalue weighted by molar-refractivity contribution is -0.126. The number of esters is 1. The molecule has 0 aromatic heterocycles. The molecule has 3 atom stereocenters. The van der Waals surface area contributed by atoms with Crippen molar-refractivity contribution in [1.82, 2.24) is 0 Å². The second-order valence-corrected chi connectivity index (χ2v) is 8.14. The molecule has 178 valence electrons. The molecule has 0 spiro atoms. The summed E-state index contributed by atoms with van der Waals surface area (Å²) >= 11 is 0. The van der Waals surface area contributed by atoms with Gasteiger partial charge in [0, 0.05) is 0 Å². The molecular weight excluding hydrogens is 452 g/mol. The molecule has 0 unspecified atom stereocenters. The van der Waals surface area contributed by atoms with E-state index >= 15 is 0 Å². The molecule has 9 nitrogen and oxygen atoms in total. The minimum Gasteiger partial charge on any atom is -0.504 e. The first-order valence-electron chi connectivity index (χ1n) is 10.9. The number of hydrogen-bond acceptors (Lipinski definition) is 8. The maximum atomic E-state index is 13.7. The average Bonchev–Trinajstić information content (AvgIpc) is 3.40. The van der Waals surface area contributed by atoms with E-state index in [2.05, 4.69) is 0 Å². The first kappa shape index (κ1) is 22.4. The van der Waals surface area contributed by atoms with Gasteiger partial charge in [0.15, 0.2) is 17.6 Å². The van der Waals surface area contributed by atoms with Crippen molar-refractivity contribution >= 4 is 29.2 Å². The topological polar surface area (TPSA) is 106 Å². The number of nitrogens with zero attached hydrogens (tertiary/aromatic N) is 2. The lowest BCUT2D eigenvalue weighted by Gasteiger charge is -2.29. The van der Waals surface area contributed by atoms with E-state index in [4.69, 9.17) is 14.3 Å². The summed E-state index contributed by atoms with van der Waals surface area (Å²) in [5.74, 6) is -2.10. The number of aromatic hydroxyl groups is 1. The molecule has 2 amide bonds. The van der Waals surface area contributed by atoms with Gasteiger partial charge in [-0.2, -0.15) is 0 Å². The van der Waals surface area contributed by atoms with Gasteiger partial charge < -0.3 is 14.6 Å². The molecule has 5 rings (SSSR count). The average molecular weight is 474 g/mol. The number of benzene rings is 3. The van der Waals surface area contributed by atoms with Crippen LogP contribution in [0.4, 0.5) is 11.4 Å². The van der Waals surface area contributed by atoms with Gasteiger partial charge in [-0.15, -0.1) is 0 Å². The molecule has 2 aliphatic heterocycles. The minimum atomic E-state index is -1.05. The number of para-hydroxylation sites is 1. The Bertz CT molecular complexity index is 1290. The fraction of sp³-hybridized carbons (Fsp3) is 0.192. The summed E-state index contributed by atoms with van der Waals surface area (Å²) in [6.07, 6.45) is -1.05. The fourth-order valence-electron chi connectivity index (χ4n) is 4.55. The number of methoxy groups -OCH3 is 2. The van der Waals surface area contributed by atoms with Gasteiger partial charge in [-0.1, -0.05) is 24.3 Å². The number of anilines is 2. The molecule has 35 heavy (non-hydrogen) atoms. The van der Waals surface area contributed by atoms with Crippen LogP contribution in [0.25, 0.3) is 0 Å². The van der Waals surface area contributed by atoms with Crippen LogP contribution in [0, 0.1) is 5.92 Å². The molecule has 3 aromatic rings. The van der Waals surface area contributed by atoms with Crippen molar-refractivity contribution in [3.8, 4) is 11.5 Å². The first-order valence-corrected chi connectivity index (χ1v) is 10.9. The van der Waals surface area contributed by atoms with Gasteiger partial charge in [0.25, 0.3) is 5.91 Å². The van der Waals surface area contributed by atoms with Crippen molar-refractivity contribution in [1.29, 1.82) is 0 Å². The number of rotatable bonds is 5. The van der Waals surface area contributed by atoms with E-state index in [1.165, 1.54) is 44.6 Å². The van der Waals surface area contributed by atoms with Crippen LogP contribution < -0.4 is 14.7 Å². The maximum absolute atomic E-state index is 13.7. The van der Waals surface area contributed by atoms with Crippen LogP contribution in [-0.2, 0) is 19.2 Å². The van der Waals surface area contributed by atoms with E-state index in [-0.39, 0.29) is 11.5 Å². The van der Waals surface area contributed by atoms with Crippen LogP contribution in [0.5, 0.6) is 11.5 Å². The Kier molecular flexibility index (Phi) is 5.62. The quantitative estimate of drug-likeness (QED) is 0.444. The zero-order chi connectivity index (χ0) is 24.7. The van der Waals surface area contributed by atoms with Crippen molar-refractivity contribution in [3.05, 3.63) is 83.9 Å². The molecule has 2 saturated heterocycles. The number of fused-ring (bicyclic) bond motifs is 1. The summed E-state index contributed by atoms with van der Waals surface area (Å²) in [6, 6.07) is 19.3. The number of ether oxygens (including phenoxy) is 2. The molecule has 9 heteroatoms. The SMILES string of the molecule is COC(=O)c1ccc(N2C(=O)[C@H]3[C@H](ON(c4ccccc4)[C@H]3c3ccc(O)c(OC)c3)C2=O)cc1. The number of hydroxylamine groups is 1.